The lowest BCUT2D eigenvalue weighted by molar-refractivity contribution is -0.0889. The number of halogens is 4. The van der Waals surface area contributed by atoms with Gasteiger partial charge in [0.15, 0.2) is 5.72 Å². The summed E-state index contributed by atoms with van der Waals surface area (Å²) in [4.78, 5) is 11.8. The predicted octanol–water partition coefficient (Wildman–Crippen LogP) is 3.27. The van der Waals surface area contributed by atoms with E-state index in [2.05, 4.69) is 9.84 Å². The van der Waals surface area contributed by atoms with Crippen molar-refractivity contribution < 1.29 is 27.8 Å². The van der Waals surface area contributed by atoms with Crippen molar-refractivity contribution >= 4 is 23.4 Å². The summed E-state index contributed by atoms with van der Waals surface area (Å²) >= 11 is 5.72. The monoisotopic (exact) mass is 336 g/mol. The van der Waals surface area contributed by atoms with Crippen LogP contribution in [0.1, 0.15) is 18.9 Å². The number of alkyl halides is 3. The van der Waals surface area contributed by atoms with Crippen molar-refractivity contribution in [2.24, 2.45) is 5.10 Å². The molecule has 1 amide bonds. The summed E-state index contributed by atoms with van der Waals surface area (Å²) in [5.74, 6) is 0. The molecule has 1 aliphatic heterocycles. The van der Waals surface area contributed by atoms with E-state index in [0.717, 1.165) is 0 Å². The van der Waals surface area contributed by atoms with E-state index in [4.69, 9.17) is 11.6 Å². The van der Waals surface area contributed by atoms with Gasteiger partial charge in [0, 0.05) is 10.6 Å². The number of hydrogen-bond acceptors (Lipinski definition) is 4. The van der Waals surface area contributed by atoms with Gasteiger partial charge in [-0.25, -0.2) is 4.79 Å². The van der Waals surface area contributed by atoms with E-state index in [9.17, 15) is 23.1 Å². The second kappa shape index (κ2) is 5.77. The summed E-state index contributed by atoms with van der Waals surface area (Å²) in [6.45, 7) is 1.42. The van der Waals surface area contributed by atoms with E-state index >= 15 is 0 Å². The zero-order chi connectivity index (χ0) is 16.5. The Hall–Kier alpha value is -1.80. The summed E-state index contributed by atoms with van der Waals surface area (Å²) in [7, 11) is 0. The first-order valence-electron chi connectivity index (χ1n) is 6.28. The fraction of sp³-hybridized carbons (Fsp3) is 0.385. The number of carbonyl (C=O) groups excluding carboxylic acids is 1. The van der Waals surface area contributed by atoms with Crippen molar-refractivity contribution in [3.8, 4) is 0 Å². The number of aliphatic hydroxyl groups is 1. The van der Waals surface area contributed by atoms with E-state index in [0.29, 0.717) is 10.0 Å². The number of ether oxygens (including phenoxy) is 1. The van der Waals surface area contributed by atoms with Crippen molar-refractivity contribution in [2.45, 2.75) is 25.2 Å². The number of nitrogens with zero attached hydrogens (tertiary/aromatic N) is 2. The highest BCUT2D eigenvalue weighted by molar-refractivity contribution is 6.30. The number of amides is 1. The molecule has 0 aromatic heterocycles. The minimum atomic E-state index is -4.76. The lowest BCUT2D eigenvalue weighted by atomic mass is 9.97. The largest absolute Gasteiger partial charge is 0.448 e. The summed E-state index contributed by atoms with van der Waals surface area (Å²) < 4.78 is 43.2. The zero-order valence-corrected chi connectivity index (χ0v) is 12.1. The fourth-order valence-corrected chi connectivity index (χ4v) is 2.15. The number of benzene rings is 1. The van der Waals surface area contributed by atoms with Gasteiger partial charge in [0.05, 0.1) is 13.0 Å². The van der Waals surface area contributed by atoms with Crippen LogP contribution in [0.3, 0.4) is 0 Å². The summed E-state index contributed by atoms with van der Waals surface area (Å²) in [5, 5.41) is 14.5. The Morgan fingerprint density at radius 1 is 1.45 bits per heavy atom. The van der Waals surface area contributed by atoms with Crippen LogP contribution in [0.4, 0.5) is 18.0 Å². The predicted molar refractivity (Wildman–Crippen MR) is 72.3 cm³/mol. The van der Waals surface area contributed by atoms with Crippen molar-refractivity contribution in [2.75, 3.05) is 6.61 Å². The third-order valence-corrected chi connectivity index (χ3v) is 3.31. The molecule has 0 unspecified atom stereocenters. The second-order valence-corrected chi connectivity index (χ2v) is 4.99. The molecule has 0 fully saturated rings. The molecule has 5 nitrogen and oxygen atoms in total. The minimum Gasteiger partial charge on any atom is -0.448 e. The maximum atomic E-state index is 12.9. The van der Waals surface area contributed by atoms with Crippen molar-refractivity contribution in [1.29, 1.82) is 0 Å². The molecule has 1 aromatic carbocycles. The molecule has 1 aliphatic rings. The topological polar surface area (TPSA) is 62.1 Å². The maximum Gasteiger partial charge on any atom is 0.433 e. The third-order valence-electron chi connectivity index (χ3n) is 3.06. The molecule has 1 atom stereocenters. The molecule has 1 aromatic rings. The number of rotatable bonds is 2. The molecule has 120 valence electrons. The lowest BCUT2D eigenvalue weighted by Crippen LogP contribution is -2.44. The summed E-state index contributed by atoms with van der Waals surface area (Å²) in [6, 6.07) is 5.43. The molecule has 22 heavy (non-hydrogen) atoms. The van der Waals surface area contributed by atoms with Gasteiger partial charge in [-0.05, 0) is 19.1 Å². The summed E-state index contributed by atoms with van der Waals surface area (Å²) in [6.07, 6.45) is -6.82. The van der Waals surface area contributed by atoms with E-state index in [1.54, 1.807) is 0 Å². The van der Waals surface area contributed by atoms with Crippen LogP contribution in [-0.4, -0.2) is 34.7 Å². The van der Waals surface area contributed by atoms with Gasteiger partial charge in [-0.15, -0.1) is 0 Å². The fourth-order valence-electron chi connectivity index (χ4n) is 2.02. The average molecular weight is 337 g/mol. The Morgan fingerprint density at radius 3 is 2.55 bits per heavy atom. The normalized spacial score (nSPS) is 21.7. The summed E-state index contributed by atoms with van der Waals surface area (Å²) in [5.41, 5.74) is -3.49. The molecule has 1 heterocycles. The Kier molecular flexibility index (Phi) is 4.35. The molecule has 9 heteroatoms. The quantitative estimate of drug-likeness (QED) is 0.901. The molecule has 0 saturated heterocycles. The van der Waals surface area contributed by atoms with Crippen LogP contribution in [0.2, 0.25) is 5.02 Å². The maximum absolute atomic E-state index is 12.9. The zero-order valence-electron chi connectivity index (χ0n) is 11.4. The van der Waals surface area contributed by atoms with Gasteiger partial charge in [0.2, 0.25) is 0 Å². The highest BCUT2D eigenvalue weighted by atomic mass is 35.5. The van der Waals surface area contributed by atoms with Gasteiger partial charge in [-0.1, -0.05) is 23.7 Å². The van der Waals surface area contributed by atoms with Gasteiger partial charge in [-0.2, -0.15) is 23.3 Å². The van der Waals surface area contributed by atoms with Crippen LogP contribution >= 0.6 is 11.6 Å². The first-order valence-corrected chi connectivity index (χ1v) is 6.66. The Balaban J connectivity index is 2.44. The molecule has 0 spiro atoms. The molecule has 0 radical (unpaired) electrons. The highest BCUT2D eigenvalue weighted by Crippen LogP contribution is 2.40. The first-order chi connectivity index (χ1) is 10.2. The van der Waals surface area contributed by atoms with Crippen molar-refractivity contribution in [3.05, 3.63) is 34.9 Å². The van der Waals surface area contributed by atoms with E-state index in [1.165, 1.54) is 31.2 Å². The molecular weight excluding hydrogens is 325 g/mol. The smallest absolute Gasteiger partial charge is 0.433 e. The van der Waals surface area contributed by atoms with E-state index < -0.39 is 30.1 Å². The van der Waals surface area contributed by atoms with Crippen LogP contribution in [0.15, 0.2) is 29.4 Å². The standard InChI is InChI=1S/C13H12ClF3N2O3/c1-2-22-11(20)19-12(21,7-10(18-19)13(15,16)17)8-3-5-9(14)6-4-8/h3-6,21H,2,7H2,1H3/t12-/m0/s1. The minimum absolute atomic E-state index is 0.0490. The molecular formula is C13H12ClF3N2O3. The van der Waals surface area contributed by atoms with Crippen LogP contribution in [0.25, 0.3) is 0 Å². The lowest BCUT2D eigenvalue weighted by Gasteiger charge is -2.30. The van der Waals surface area contributed by atoms with Crippen LogP contribution in [-0.2, 0) is 10.5 Å². The number of hydrazone groups is 1. The van der Waals surface area contributed by atoms with Crippen molar-refractivity contribution in [3.63, 3.8) is 0 Å². The van der Waals surface area contributed by atoms with Crippen LogP contribution in [0, 0.1) is 0 Å². The van der Waals surface area contributed by atoms with E-state index in [1.807, 2.05) is 0 Å². The Bertz CT molecular complexity index is 604. The van der Waals surface area contributed by atoms with Gasteiger partial charge in [-0.3, -0.25) is 0 Å². The van der Waals surface area contributed by atoms with Crippen molar-refractivity contribution in [1.82, 2.24) is 5.01 Å². The van der Waals surface area contributed by atoms with Crippen LogP contribution < -0.4 is 0 Å². The molecule has 0 saturated carbocycles. The Labute approximate surface area is 128 Å². The third kappa shape index (κ3) is 3.02. The second-order valence-electron chi connectivity index (χ2n) is 4.56. The van der Waals surface area contributed by atoms with Gasteiger partial charge in [0.1, 0.15) is 5.71 Å². The first kappa shape index (κ1) is 16.6. The van der Waals surface area contributed by atoms with Gasteiger partial charge < -0.3 is 9.84 Å². The molecule has 2 rings (SSSR count). The Morgan fingerprint density at radius 2 is 2.05 bits per heavy atom. The SMILES string of the molecule is CCOC(=O)N1N=C(C(F)(F)F)C[C@]1(O)c1ccc(Cl)cc1. The van der Waals surface area contributed by atoms with Gasteiger partial charge in [0.25, 0.3) is 0 Å². The molecule has 1 N–H and O–H groups in total. The number of carbonyl (C=O) groups is 1. The molecule has 0 bridgehead atoms. The van der Waals surface area contributed by atoms with E-state index in [-0.39, 0.29) is 12.2 Å². The molecule has 0 aliphatic carbocycles. The highest BCUT2D eigenvalue weighted by Gasteiger charge is 2.53. The van der Waals surface area contributed by atoms with Crippen LogP contribution in [0.5, 0.6) is 0 Å². The average Bonchev–Trinajstić information content (AvgIpc) is 2.79. The van der Waals surface area contributed by atoms with Gasteiger partial charge >= 0.3 is 12.3 Å². The number of hydrogen-bond donors (Lipinski definition) is 1.